The van der Waals surface area contributed by atoms with E-state index in [1.165, 1.54) is 77.4 Å². The maximum absolute atomic E-state index is 2.92. The van der Waals surface area contributed by atoms with E-state index in [2.05, 4.69) is 34.8 Å². The van der Waals surface area contributed by atoms with Crippen molar-refractivity contribution in [2.45, 2.75) is 96.7 Å². The van der Waals surface area contributed by atoms with E-state index in [1.807, 2.05) is 0 Å². The van der Waals surface area contributed by atoms with Crippen molar-refractivity contribution in [3.05, 3.63) is 0 Å². The second-order valence-electron chi connectivity index (χ2n) is 7.79. The van der Waals surface area contributed by atoms with Crippen molar-refractivity contribution in [3.8, 4) is 0 Å². The molecule has 3 aliphatic rings. The van der Waals surface area contributed by atoms with Crippen molar-refractivity contribution in [1.29, 1.82) is 0 Å². The van der Waals surface area contributed by atoms with Gasteiger partial charge in [0.05, 0.1) is 0 Å². The molecule has 3 fully saturated rings. The van der Waals surface area contributed by atoms with E-state index in [-0.39, 0.29) is 8.37 Å². The van der Waals surface area contributed by atoms with Crippen LogP contribution >= 0.6 is 8.37 Å². The molecule has 3 saturated heterocycles. The van der Waals surface area contributed by atoms with Gasteiger partial charge in [0.2, 0.25) is 0 Å². The van der Waals surface area contributed by atoms with Gasteiger partial charge in [0.25, 0.3) is 0 Å². The third-order valence-electron chi connectivity index (χ3n) is 5.99. The first kappa shape index (κ1) is 17.1. The van der Waals surface area contributed by atoms with Crippen molar-refractivity contribution in [2.75, 3.05) is 19.6 Å². The average molecular weight is 325 g/mol. The minimum absolute atomic E-state index is 0.233. The Morgan fingerprint density at radius 3 is 1.14 bits per heavy atom. The molecule has 0 aromatic rings. The largest absolute Gasteiger partial charge is 0.255 e. The van der Waals surface area contributed by atoms with Gasteiger partial charge in [0.15, 0.2) is 0 Å². The van der Waals surface area contributed by atoms with Crippen LogP contribution in [-0.4, -0.2) is 51.8 Å². The van der Waals surface area contributed by atoms with E-state index in [0.717, 1.165) is 18.1 Å². The summed E-state index contributed by atoms with van der Waals surface area (Å²) >= 11 is 0. The highest BCUT2D eigenvalue weighted by atomic mass is 31.2. The highest BCUT2D eigenvalue weighted by molar-refractivity contribution is 7.50. The summed E-state index contributed by atoms with van der Waals surface area (Å²) in [5.41, 5.74) is 0. The zero-order chi connectivity index (χ0) is 15.5. The van der Waals surface area contributed by atoms with Gasteiger partial charge in [-0.05, 0) is 59.3 Å². The van der Waals surface area contributed by atoms with E-state index in [4.69, 9.17) is 0 Å². The first-order valence-corrected chi connectivity index (χ1v) is 11.0. The van der Waals surface area contributed by atoms with Crippen LogP contribution in [0.15, 0.2) is 0 Å². The molecule has 0 radical (unpaired) electrons. The van der Waals surface area contributed by atoms with E-state index < -0.39 is 0 Å². The molecule has 3 nitrogen and oxygen atoms in total. The van der Waals surface area contributed by atoms with Gasteiger partial charge in [-0.3, -0.25) is 14.0 Å². The van der Waals surface area contributed by atoms with Crippen molar-refractivity contribution in [3.63, 3.8) is 0 Å². The predicted molar refractivity (Wildman–Crippen MR) is 97.0 cm³/mol. The van der Waals surface area contributed by atoms with Gasteiger partial charge in [-0.1, -0.05) is 19.3 Å². The molecule has 0 amide bonds. The van der Waals surface area contributed by atoms with Crippen molar-refractivity contribution in [1.82, 2.24) is 14.0 Å². The zero-order valence-corrected chi connectivity index (χ0v) is 15.9. The fourth-order valence-electron chi connectivity index (χ4n) is 4.49. The van der Waals surface area contributed by atoms with Crippen LogP contribution in [0, 0.1) is 0 Å². The van der Waals surface area contributed by atoms with Gasteiger partial charge >= 0.3 is 0 Å². The first-order valence-electron chi connectivity index (χ1n) is 9.78. The molecule has 3 atom stereocenters. The average Bonchev–Trinajstić information content (AvgIpc) is 2.53. The Hall–Kier alpha value is 0.310. The molecular weight excluding hydrogens is 289 g/mol. The van der Waals surface area contributed by atoms with E-state index in [0.29, 0.717) is 0 Å². The van der Waals surface area contributed by atoms with Crippen LogP contribution in [0.25, 0.3) is 0 Å². The van der Waals surface area contributed by atoms with E-state index >= 15 is 0 Å². The molecule has 3 aliphatic heterocycles. The monoisotopic (exact) mass is 325 g/mol. The summed E-state index contributed by atoms with van der Waals surface area (Å²) in [6, 6.07) is 2.34. The topological polar surface area (TPSA) is 9.72 Å². The minimum atomic E-state index is -0.233. The molecule has 3 heterocycles. The number of nitrogens with zero attached hydrogens (tertiary/aromatic N) is 3. The first-order chi connectivity index (χ1) is 10.7. The lowest BCUT2D eigenvalue weighted by Gasteiger charge is -2.54. The number of hydrogen-bond acceptors (Lipinski definition) is 3. The maximum Gasteiger partial charge on any atom is 0.120 e. The van der Waals surface area contributed by atoms with Crippen LogP contribution in [0.5, 0.6) is 0 Å². The molecule has 0 aromatic heterocycles. The van der Waals surface area contributed by atoms with E-state index in [1.54, 1.807) is 0 Å². The van der Waals surface area contributed by atoms with Gasteiger partial charge in [0, 0.05) is 37.8 Å². The molecule has 0 bridgehead atoms. The van der Waals surface area contributed by atoms with Crippen LogP contribution in [-0.2, 0) is 0 Å². The second kappa shape index (κ2) is 7.92. The molecule has 3 rings (SSSR count). The molecule has 0 N–H and O–H groups in total. The maximum atomic E-state index is 2.92. The summed E-state index contributed by atoms with van der Waals surface area (Å²) in [4.78, 5) is 0. The molecule has 4 heteroatoms. The van der Waals surface area contributed by atoms with Gasteiger partial charge in [-0.25, -0.2) is 0 Å². The van der Waals surface area contributed by atoms with E-state index in [9.17, 15) is 0 Å². The Balaban J connectivity index is 1.83. The third-order valence-corrected chi connectivity index (χ3v) is 9.15. The Bertz CT molecular complexity index is 299. The van der Waals surface area contributed by atoms with Gasteiger partial charge < -0.3 is 0 Å². The van der Waals surface area contributed by atoms with Crippen LogP contribution in [0.4, 0.5) is 0 Å². The summed E-state index contributed by atoms with van der Waals surface area (Å²) < 4.78 is 8.76. The Morgan fingerprint density at radius 2 is 0.864 bits per heavy atom. The normalized spacial score (nSPS) is 36.8. The Morgan fingerprint density at radius 1 is 0.545 bits per heavy atom. The highest BCUT2D eigenvalue weighted by Crippen LogP contribution is 2.55. The smallest absolute Gasteiger partial charge is 0.120 e. The Kier molecular flexibility index (Phi) is 6.17. The molecule has 22 heavy (non-hydrogen) atoms. The molecule has 0 spiro atoms. The summed E-state index contributed by atoms with van der Waals surface area (Å²) in [5, 5.41) is 0. The fraction of sp³-hybridized carbons (Fsp3) is 1.00. The van der Waals surface area contributed by atoms with Crippen molar-refractivity contribution < 1.29 is 0 Å². The lowest BCUT2D eigenvalue weighted by molar-refractivity contribution is 0.178. The summed E-state index contributed by atoms with van der Waals surface area (Å²) in [6.07, 6.45) is 12.8. The molecule has 128 valence electrons. The lowest BCUT2D eigenvalue weighted by Crippen LogP contribution is -2.50. The number of piperidine rings is 3. The van der Waals surface area contributed by atoms with Crippen molar-refractivity contribution >= 4 is 8.37 Å². The quantitative estimate of drug-likeness (QED) is 0.688. The van der Waals surface area contributed by atoms with Crippen LogP contribution < -0.4 is 0 Å². The summed E-state index contributed by atoms with van der Waals surface area (Å²) in [6.45, 7) is 11.4. The van der Waals surface area contributed by atoms with Gasteiger partial charge in [-0.2, -0.15) is 0 Å². The molecule has 0 saturated carbocycles. The zero-order valence-electron chi connectivity index (χ0n) is 15.0. The molecule has 0 unspecified atom stereocenters. The van der Waals surface area contributed by atoms with Crippen molar-refractivity contribution in [2.24, 2.45) is 0 Å². The predicted octanol–water partition coefficient (Wildman–Crippen LogP) is 4.84. The standard InChI is InChI=1S/C18H36N3P/c1-16-10-4-7-13-19(16)22(20-14-8-5-11-17(20)2)21-15-9-6-12-18(21)3/h16-18H,4-15H2,1-3H3/t16-,17-,18-/m0/s1. The Labute approximate surface area is 139 Å². The number of hydrogen-bond donors (Lipinski definition) is 0. The van der Waals surface area contributed by atoms with Crippen LogP contribution in [0.3, 0.4) is 0 Å². The highest BCUT2D eigenvalue weighted by Gasteiger charge is 2.40. The van der Waals surface area contributed by atoms with Gasteiger partial charge in [-0.15, -0.1) is 0 Å². The third kappa shape index (κ3) is 3.69. The lowest BCUT2D eigenvalue weighted by atomic mass is 10.1. The fourth-order valence-corrected chi connectivity index (χ4v) is 7.74. The van der Waals surface area contributed by atoms with Crippen LogP contribution in [0.2, 0.25) is 0 Å². The molecule has 0 aliphatic carbocycles. The second-order valence-corrected chi connectivity index (χ2v) is 9.87. The molecular formula is C18H36N3P. The SMILES string of the molecule is C[C@H]1CCCCN1P(N1CCCC[C@@H]1C)N1CCCC[C@@H]1C. The molecule has 0 aromatic carbocycles. The van der Waals surface area contributed by atoms with Crippen LogP contribution in [0.1, 0.15) is 78.6 Å². The number of rotatable bonds is 3. The van der Waals surface area contributed by atoms with Gasteiger partial charge in [0.1, 0.15) is 8.37 Å². The minimum Gasteiger partial charge on any atom is -0.255 e. The summed E-state index contributed by atoms with van der Waals surface area (Å²) in [7, 11) is -0.233. The summed E-state index contributed by atoms with van der Waals surface area (Å²) in [5.74, 6) is 0.